The second-order valence-electron chi connectivity index (χ2n) is 6.09. The van der Waals surface area contributed by atoms with Crippen LogP contribution in [0.4, 0.5) is 0 Å². The van der Waals surface area contributed by atoms with Gasteiger partial charge in [0.2, 0.25) is 0 Å². The van der Waals surface area contributed by atoms with E-state index in [-0.39, 0.29) is 6.04 Å². The molecule has 2 aromatic rings. The number of nitrogens with one attached hydrogen (secondary N) is 1. The Balaban J connectivity index is 1.71. The molecule has 1 aromatic carbocycles. The van der Waals surface area contributed by atoms with Gasteiger partial charge in [0, 0.05) is 19.2 Å². The second kappa shape index (κ2) is 7.89. The molecular formula is C17H19N5O4. The minimum absolute atomic E-state index is 0.124. The average Bonchev–Trinajstić information content (AvgIpc) is 3.27. The number of aliphatic carboxylic acids is 1. The van der Waals surface area contributed by atoms with Crippen LogP contribution in [0.1, 0.15) is 23.7 Å². The minimum Gasteiger partial charge on any atom is -0.480 e. The van der Waals surface area contributed by atoms with E-state index in [0.29, 0.717) is 25.2 Å². The fraction of sp³-hybridized carbons (Fsp3) is 0.294. The van der Waals surface area contributed by atoms with Crippen LogP contribution in [-0.4, -0.2) is 54.7 Å². The average molecular weight is 357 g/mol. The van der Waals surface area contributed by atoms with Crippen LogP contribution in [0.3, 0.4) is 0 Å². The summed E-state index contributed by atoms with van der Waals surface area (Å²) in [5.41, 5.74) is 2.99. The lowest BCUT2D eigenvalue weighted by Crippen LogP contribution is -2.35. The lowest BCUT2D eigenvalue weighted by atomic mass is 10.1. The SMILES string of the molecule is O=C(/C=C/c1cn([C@@H]2C[C@@H](C(=O)O)N(Cc3ccccc3)C2)nn1)NO. The smallest absolute Gasteiger partial charge is 0.321 e. The maximum absolute atomic E-state index is 11.6. The van der Waals surface area contributed by atoms with Gasteiger partial charge >= 0.3 is 5.97 Å². The maximum atomic E-state index is 11.6. The molecule has 1 fully saturated rings. The Kier molecular flexibility index (Phi) is 5.40. The van der Waals surface area contributed by atoms with Crippen LogP contribution in [0.5, 0.6) is 0 Å². The summed E-state index contributed by atoms with van der Waals surface area (Å²) in [6, 6.07) is 9.00. The van der Waals surface area contributed by atoms with Crippen LogP contribution >= 0.6 is 0 Å². The van der Waals surface area contributed by atoms with Crippen molar-refractivity contribution >= 4 is 18.0 Å². The van der Waals surface area contributed by atoms with E-state index in [0.717, 1.165) is 11.6 Å². The number of carbonyl (C=O) groups excluding carboxylic acids is 1. The molecule has 1 amide bonds. The fourth-order valence-corrected chi connectivity index (χ4v) is 3.06. The highest BCUT2D eigenvalue weighted by molar-refractivity contribution is 5.90. The van der Waals surface area contributed by atoms with Gasteiger partial charge in [0.05, 0.1) is 12.2 Å². The number of hydrogen-bond acceptors (Lipinski definition) is 6. The van der Waals surface area contributed by atoms with Gasteiger partial charge in [0.1, 0.15) is 11.7 Å². The predicted molar refractivity (Wildman–Crippen MR) is 90.9 cm³/mol. The van der Waals surface area contributed by atoms with Gasteiger partial charge in [0.25, 0.3) is 5.91 Å². The molecule has 2 heterocycles. The number of hydroxylamine groups is 1. The van der Waals surface area contributed by atoms with Crippen molar-refractivity contribution in [3.8, 4) is 0 Å². The number of carbonyl (C=O) groups is 2. The Morgan fingerprint density at radius 1 is 1.31 bits per heavy atom. The zero-order chi connectivity index (χ0) is 18.5. The number of aromatic nitrogens is 3. The summed E-state index contributed by atoms with van der Waals surface area (Å²) in [5, 5.41) is 26.0. The van der Waals surface area contributed by atoms with E-state index in [1.807, 2.05) is 35.2 Å². The number of benzene rings is 1. The number of amides is 1. The molecule has 0 aliphatic carbocycles. The highest BCUT2D eigenvalue weighted by Crippen LogP contribution is 2.28. The van der Waals surface area contributed by atoms with Crippen LogP contribution in [0.2, 0.25) is 0 Å². The van der Waals surface area contributed by atoms with E-state index < -0.39 is 17.9 Å². The summed E-state index contributed by atoms with van der Waals surface area (Å²) in [5.74, 6) is -1.52. The summed E-state index contributed by atoms with van der Waals surface area (Å²) < 4.78 is 1.62. The molecule has 0 saturated carbocycles. The van der Waals surface area contributed by atoms with Gasteiger partial charge < -0.3 is 5.11 Å². The third kappa shape index (κ3) is 4.13. The van der Waals surface area contributed by atoms with Crippen molar-refractivity contribution in [3.63, 3.8) is 0 Å². The van der Waals surface area contributed by atoms with E-state index in [1.54, 1.807) is 10.9 Å². The zero-order valence-electron chi connectivity index (χ0n) is 13.9. The van der Waals surface area contributed by atoms with Gasteiger partial charge in [-0.3, -0.25) is 19.7 Å². The largest absolute Gasteiger partial charge is 0.480 e. The number of carboxylic acids is 1. The molecule has 9 nitrogen and oxygen atoms in total. The summed E-state index contributed by atoms with van der Waals surface area (Å²) >= 11 is 0. The molecule has 1 aliphatic rings. The van der Waals surface area contributed by atoms with Crippen molar-refractivity contribution in [2.24, 2.45) is 0 Å². The first-order valence-electron chi connectivity index (χ1n) is 8.11. The fourth-order valence-electron chi connectivity index (χ4n) is 3.06. The van der Waals surface area contributed by atoms with E-state index >= 15 is 0 Å². The Hall–Kier alpha value is -3.04. The standard InChI is InChI=1S/C17H19N5O4/c23-16(19-26)7-6-13-10-22(20-18-13)14-8-15(17(24)25)21(11-14)9-12-4-2-1-3-5-12/h1-7,10,14-15,26H,8-9,11H2,(H,19,23)(H,24,25)/b7-6+/t14-,15+/m1/s1. The number of carboxylic acid groups (broad SMARTS) is 1. The Bertz CT molecular complexity index is 804. The van der Waals surface area contributed by atoms with Crippen LogP contribution in [0, 0.1) is 0 Å². The summed E-state index contributed by atoms with van der Waals surface area (Å²) in [4.78, 5) is 24.6. The number of likely N-dealkylation sites (tertiary alicyclic amines) is 1. The van der Waals surface area contributed by atoms with Gasteiger partial charge in [0.15, 0.2) is 0 Å². The molecule has 1 aliphatic heterocycles. The summed E-state index contributed by atoms with van der Waals surface area (Å²) in [6.07, 6.45) is 4.62. The van der Waals surface area contributed by atoms with Gasteiger partial charge in [-0.05, 0) is 18.1 Å². The van der Waals surface area contributed by atoms with Gasteiger partial charge in [-0.25, -0.2) is 10.2 Å². The van der Waals surface area contributed by atoms with Gasteiger partial charge in [-0.2, -0.15) is 0 Å². The van der Waals surface area contributed by atoms with E-state index in [2.05, 4.69) is 10.3 Å². The van der Waals surface area contributed by atoms with Crippen LogP contribution < -0.4 is 5.48 Å². The topological polar surface area (TPSA) is 121 Å². The number of hydrogen-bond donors (Lipinski definition) is 3. The van der Waals surface area contributed by atoms with E-state index in [4.69, 9.17) is 5.21 Å². The molecule has 0 bridgehead atoms. The first-order valence-corrected chi connectivity index (χ1v) is 8.11. The van der Waals surface area contributed by atoms with Crippen LogP contribution in [-0.2, 0) is 16.1 Å². The lowest BCUT2D eigenvalue weighted by molar-refractivity contribution is -0.142. The van der Waals surface area contributed by atoms with Crippen molar-refractivity contribution in [1.29, 1.82) is 0 Å². The van der Waals surface area contributed by atoms with Crippen molar-refractivity contribution in [1.82, 2.24) is 25.4 Å². The molecule has 0 radical (unpaired) electrons. The van der Waals surface area contributed by atoms with Crippen LogP contribution in [0.15, 0.2) is 42.6 Å². The molecule has 136 valence electrons. The quantitative estimate of drug-likeness (QED) is 0.395. The Labute approximate surface area is 149 Å². The molecule has 2 atom stereocenters. The van der Waals surface area contributed by atoms with Gasteiger partial charge in [-0.1, -0.05) is 35.5 Å². The molecule has 1 saturated heterocycles. The molecule has 1 aromatic heterocycles. The maximum Gasteiger partial charge on any atom is 0.321 e. The normalized spacial score (nSPS) is 20.5. The molecule has 0 spiro atoms. The zero-order valence-corrected chi connectivity index (χ0v) is 13.9. The minimum atomic E-state index is -0.858. The van der Waals surface area contributed by atoms with Crippen molar-refractivity contribution < 1.29 is 19.9 Å². The molecule has 26 heavy (non-hydrogen) atoms. The van der Waals surface area contributed by atoms with Crippen molar-refractivity contribution in [3.05, 3.63) is 53.9 Å². The lowest BCUT2D eigenvalue weighted by Gasteiger charge is -2.20. The molecule has 3 rings (SSSR count). The molecule has 3 N–H and O–H groups in total. The second-order valence-corrected chi connectivity index (χ2v) is 6.09. The van der Waals surface area contributed by atoms with Gasteiger partial charge in [-0.15, -0.1) is 5.10 Å². The summed E-state index contributed by atoms with van der Waals surface area (Å²) in [7, 11) is 0. The molecule has 0 unspecified atom stereocenters. The van der Waals surface area contributed by atoms with E-state index in [9.17, 15) is 14.7 Å². The third-order valence-corrected chi connectivity index (χ3v) is 4.31. The van der Waals surface area contributed by atoms with Crippen molar-refractivity contribution in [2.75, 3.05) is 6.54 Å². The third-order valence-electron chi connectivity index (χ3n) is 4.31. The highest BCUT2D eigenvalue weighted by atomic mass is 16.5. The first-order chi connectivity index (χ1) is 12.6. The van der Waals surface area contributed by atoms with Crippen molar-refractivity contribution in [2.45, 2.75) is 25.0 Å². The van der Waals surface area contributed by atoms with E-state index in [1.165, 1.54) is 11.6 Å². The number of rotatable bonds is 6. The molecule has 9 heteroatoms. The Morgan fingerprint density at radius 2 is 2.08 bits per heavy atom. The summed E-state index contributed by atoms with van der Waals surface area (Å²) in [6.45, 7) is 1.09. The monoisotopic (exact) mass is 357 g/mol. The number of nitrogens with zero attached hydrogens (tertiary/aromatic N) is 4. The Morgan fingerprint density at radius 3 is 2.77 bits per heavy atom. The highest BCUT2D eigenvalue weighted by Gasteiger charge is 2.38. The van der Waals surface area contributed by atoms with Crippen LogP contribution in [0.25, 0.3) is 6.08 Å². The predicted octanol–water partition coefficient (Wildman–Crippen LogP) is 0.697. The first kappa shape index (κ1) is 17.8. The molecular weight excluding hydrogens is 338 g/mol.